The largest absolute Gasteiger partial charge is 0.460 e. The first kappa shape index (κ1) is 26.9. The number of alkyl halides is 17. The molecule has 0 aliphatic carbocycles. The summed E-state index contributed by atoms with van der Waals surface area (Å²) in [6.45, 7) is 0. The minimum Gasteiger partial charge on any atom is -0.199 e. The molecule has 167 valence electrons. The van der Waals surface area contributed by atoms with Crippen LogP contribution in [0.3, 0.4) is 0 Å². The molecule has 0 heterocycles. The molecule has 0 amide bonds. The third-order valence-electron chi connectivity index (χ3n) is 3.08. The van der Waals surface area contributed by atoms with Crippen LogP contribution in [-0.2, 0) is 0 Å². The van der Waals surface area contributed by atoms with Gasteiger partial charge in [-0.1, -0.05) is 12.2 Å². The van der Waals surface area contributed by atoms with Gasteiger partial charge in [0.25, 0.3) is 0 Å². The van der Waals surface area contributed by atoms with Gasteiger partial charge in [-0.3, -0.25) is 0 Å². The number of hydrogen-bond donors (Lipinski definition) is 0. The first-order valence-corrected chi connectivity index (χ1v) is 6.28. The summed E-state index contributed by atoms with van der Waals surface area (Å²) >= 11 is 3.42. The first-order valence-electron chi connectivity index (χ1n) is 5.87. The van der Waals surface area contributed by atoms with Gasteiger partial charge in [-0.05, 0) is 0 Å². The quantitative estimate of drug-likeness (QED) is 0.294. The summed E-state index contributed by atoms with van der Waals surface area (Å²) in [5.41, 5.74) is 0. The molecule has 0 spiro atoms. The Labute approximate surface area is 147 Å². The second-order valence-corrected chi connectivity index (χ2v) is 5.26. The standard InChI is InChI=1S/C10H2F17S/c11-3(12,1-2-28)4(13,14)5(15,16)6(17,18)7(19,20)8(21,22)9(23,24)10(25,26)27/h1H2. The zero-order valence-corrected chi connectivity index (χ0v) is 12.9. The second-order valence-electron chi connectivity index (χ2n) is 4.97. The molecule has 0 aromatic heterocycles. The molecule has 0 N–H and O–H groups in total. The Morgan fingerprint density at radius 2 is 0.679 bits per heavy atom. The fourth-order valence-corrected chi connectivity index (χ4v) is 1.58. The maximum absolute atomic E-state index is 13.1. The fourth-order valence-electron chi connectivity index (χ4n) is 1.40. The molecule has 0 fully saturated rings. The normalized spacial score (nSPS) is 16.3. The molecule has 1 radical (unpaired) electrons. The van der Waals surface area contributed by atoms with Gasteiger partial charge in [-0.2, -0.15) is 74.6 Å². The Bertz CT molecular complexity index is 585. The second kappa shape index (κ2) is 6.72. The average Bonchev–Trinajstić information content (AvgIpc) is 2.44. The van der Waals surface area contributed by atoms with Crippen LogP contribution in [0.2, 0.25) is 0 Å². The Hall–Kier alpha value is -1.10. The van der Waals surface area contributed by atoms with E-state index in [0.717, 1.165) is 0 Å². The molecule has 28 heavy (non-hydrogen) atoms. The van der Waals surface area contributed by atoms with E-state index >= 15 is 0 Å². The number of rotatable bonds is 8. The maximum atomic E-state index is 13.1. The highest BCUT2D eigenvalue weighted by molar-refractivity contribution is 7.78. The van der Waals surface area contributed by atoms with Gasteiger partial charge in [0.05, 0.1) is 6.42 Å². The van der Waals surface area contributed by atoms with E-state index in [-0.39, 0.29) is 0 Å². The van der Waals surface area contributed by atoms with Crippen molar-refractivity contribution in [1.29, 1.82) is 0 Å². The minimum atomic E-state index is -8.61. The lowest BCUT2D eigenvalue weighted by molar-refractivity contribution is -0.461. The van der Waals surface area contributed by atoms with Gasteiger partial charge in [0.2, 0.25) is 0 Å². The molecule has 0 atom stereocenters. The monoisotopic (exact) mass is 477 g/mol. The van der Waals surface area contributed by atoms with Crippen molar-refractivity contribution in [1.82, 2.24) is 0 Å². The molecule has 0 saturated carbocycles. The molecular weight excluding hydrogens is 475 g/mol. The van der Waals surface area contributed by atoms with Crippen molar-refractivity contribution in [2.75, 3.05) is 0 Å². The fraction of sp³-hybridized carbons (Fsp3) is 0.900. The van der Waals surface area contributed by atoms with Crippen LogP contribution < -0.4 is 0 Å². The maximum Gasteiger partial charge on any atom is 0.460 e. The molecular formula is C10H2F17S. The van der Waals surface area contributed by atoms with Crippen LogP contribution in [-0.4, -0.2) is 53.0 Å². The summed E-state index contributed by atoms with van der Waals surface area (Å²) in [5, 5.41) is 0.621. The topological polar surface area (TPSA) is 0 Å². The van der Waals surface area contributed by atoms with Gasteiger partial charge < -0.3 is 0 Å². The van der Waals surface area contributed by atoms with Crippen LogP contribution in [0.5, 0.6) is 0 Å². The summed E-state index contributed by atoms with van der Waals surface area (Å²) in [6.07, 6.45) is -10.6. The smallest absolute Gasteiger partial charge is 0.199 e. The van der Waals surface area contributed by atoms with Crippen molar-refractivity contribution in [3.63, 3.8) is 0 Å². The number of halogens is 17. The molecule has 0 bridgehead atoms. The molecule has 0 nitrogen and oxygen atoms in total. The van der Waals surface area contributed by atoms with E-state index in [1.807, 2.05) is 0 Å². The highest BCUT2D eigenvalue weighted by Crippen LogP contribution is 2.64. The van der Waals surface area contributed by atoms with E-state index in [4.69, 9.17) is 0 Å². The molecule has 0 aromatic rings. The van der Waals surface area contributed by atoms with Gasteiger partial charge in [0.15, 0.2) is 0 Å². The Morgan fingerprint density at radius 3 is 0.929 bits per heavy atom. The summed E-state index contributed by atoms with van der Waals surface area (Å²) in [6, 6.07) is 0. The zero-order chi connectivity index (χ0) is 23.4. The molecule has 0 saturated heterocycles. The van der Waals surface area contributed by atoms with Crippen molar-refractivity contribution in [2.24, 2.45) is 0 Å². The Kier molecular flexibility index (Phi) is 6.45. The minimum absolute atomic E-state index is 0.621. The first-order chi connectivity index (χ1) is 11.8. The van der Waals surface area contributed by atoms with Crippen LogP contribution in [0, 0.1) is 0 Å². The van der Waals surface area contributed by atoms with Crippen molar-refractivity contribution < 1.29 is 74.6 Å². The zero-order valence-electron chi connectivity index (χ0n) is 12.0. The van der Waals surface area contributed by atoms with Crippen molar-refractivity contribution >= 4 is 17.6 Å². The summed E-state index contributed by atoms with van der Waals surface area (Å²) < 4.78 is 216. The highest BCUT2D eigenvalue weighted by Gasteiger charge is 2.95. The van der Waals surface area contributed by atoms with Crippen LogP contribution in [0.1, 0.15) is 6.42 Å². The highest BCUT2D eigenvalue weighted by atomic mass is 32.1. The van der Waals surface area contributed by atoms with Gasteiger partial charge in [-0.25, -0.2) is 0 Å². The molecule has 0 aromatic carbocycles. The SMILES string of the molecule is FC(F)(F)C(F)(F)C(F)(F)C(F)(F)C(F)(F)C(F)(F)C(F)(F)C(F)(F)C[C]=S. The Balaban J connectivity index is 6.67. The Morgan fingerprint density at radius 1 is 0.429 bits per heavy atom. The molecule has 0 aliphatic heterocycles. The van der Waals surface area contributed by atoms with Crippen LogP contribution in [0.4, 0.5) is 74.6 Å². The third kappa shape index (κ3) is 3.28. The van der Waals surface area contributed by atoms with E-state index in [0.29, 0.717) is 5.37 Å². The van der Waals surface area contributed by atoms with Crippen LogP contribution in [0.25, 0.3) is 0 Å². The predicted octanol–water partition coefficient (Wildman–Crippen LogP) is 6.26. The molecule has 18 heteroatoms. The van der Waals surface area contributed by atoms with Gasteiger partial charge in [-0.15, -0.1) is 0 Å². The van der Waals surface area contributed by atoms with Gasteiger partial charge in [0, 0.05) is 5.37 Å². The summed E-state index contributed by atoms with van der Waals surface area (Å²) in [5.74, 6) is -56.2. The van der Waals surface area contributed by atoms with Crippen molar-refractivity contribution in [3.8, 4) is 0 Å². The van der Waals surface area contributed by atoms with Gasteiger partial charge in [0.1, 0.15) is 0 Å². The van der Waals surface area contributed by atoms with E-state index in [1.54, 1.807) is 0 Å². The molecule has 0 rings (SSSR count). The molecule has 0 aliphatic rings. The number of thiocarbonyl (C=S) groups is 1. The summed E-state index contributed by atoms with van der Waals surface area (Å²) in [7, 11) is 0. The molecule has 0 unspecified atom stereocenters. The van der Waals surface area contributed by atoms with E-state index in [9.17, 15) is 74.6 Å². The lowest BCUT2D eigenvalue weighted by atomic mass is 9.88. The number of hydrogen-bond acceptors (Lipinski definition) is 1. The van der Waals surface area contributed by atoms with Gasteiger partial charge >= 0.3 is 47.6 Å². The lowest BCUT2D eigenvalue weighted by Crippen LogP contribution is -2.74. The van der Waals surface area contributed by atoms with Crippen molar-refractivity contribution in [3.05, 3.63) is 0 Å². The predicted molar refractivity (Wildman–Crippen MR) is 57.9 cm³/mol. The average molecular weight is 477 g/mol. The lowest BCUT2D eigenvalue weighted by Gasteiger charge is -2.42. The third-order valence-corrected chi connectivity index (χ3v) is 3.23. The van der Waals surface area contributed by atoms with E-state index in [1.165, 1.54) is 0 Å². The van der Waals surface area contributed by atoms with Crippen LogP contribution >= 0.6 is 12.2 Å². The summed E-state index contributed by atoms with van der Waals surface area (Å²) in [4.78, 5) is 0. The van der Waals surface area contributed by atoms with Crippen LogP contribution in [0.15, 0.2) is 0 Å². The van der Waals surface area contributed by atoms with E-state index in [2.05, 4.69) is 12.2 Å². The van der Waals surface area contributed by atoms with E-state index < -0.39 is 54.1 Å². The van der Waals surface area contributed by atoms with Crippen molar-refractivity contribution in [2.45, 2.75) is 54.1 Å².